The molecule has 1 aromatic rings. The van der Waals surface area contributed by atoms with Gasteiger partial charge >= 0.3 is 0 Å². The van der Waals surface area contributed by atoms with Crippen LogP contribution in [0.3, 0.4) is 0 Å². The number of ether oxygens (including phenoxy) is 1. The molecule has 2 saturated heterocycles. The Balaban J connectivity index is 1.63. The van der Waals surface area contributed by atoms with Crippen molar-refractivity contribution in [2.75, 3.05) is 32.1 Å². The van der Waals surface area contributed by atoms with Gasteiger partial charge in [0, 0.05) is 6.61 Å². The zero-order valence-electron chi connectivity index (χ0n) is 14.6. The van der Waals surface area contributed by atoms with Gasteiger partial charge in [-0.2, -0.15) is 0 Å². The standard InChI is InChI=1S/C17H28N2O4S/c1-3-24(20,21)18-16-13-22-11-8-17(16)6-9-19(10-7-17)12-15-5-4-14(2)23-15/h4-5,16,18H,3,6-13H2,1-2H3/t16-/m1/s1. The lowest BCUT2D eigenvalue weighted by molar-refractivity contribution is -0.0452. The third-order valence-electron chi connectivity index (χ3n) is 5.50. The summed E-state index contributed by atoms with van der Waals surface area (Å²) >= 11 is 0. The zero-order valence-corrected chi connectivity index (χ0v) is 15.4. The average Bonchev–Trinajstić information content (AvgIpc) is 2.97. The number of nitrogens with one attached hydrogen (secondary N) is 1. The first-order valence-corrected chi connectivity index (χ1v) is 10.4. The van der Waals surface area contributed by atoms with Crippen LogP contribution < -0.4 is 4.72 Å². The fraction of sp³-hybridized carbons (Fsp3) is 0.765. The van der Waals surface area contributed by atoms with E-state index >= 15 is 0 Å². The maximum Gasteiger partial charge on any atom is 0.211 e. The summed E-state index contributed by atoms with van der Waals surface area (Å²) in [5, 5.41) is 0. The smallest absolute Gasteiger partial charge is 0.211 e. The molecule has 0 aliphatic carbocycles. The average molecular weight is 356 g/mol. The number of sulfonamides is 1. The van der Waals surface area contributed by atoms with Gasteiger partial charge in [0.25, 0.3) is 0 Å². The Kier molecular flexibility index (Phi) is 5.34. The molecule has 1 spiro atoms. The molecule has 2 aliphatic rings. The second kappa shape index (κ2) is 7.15. The van der Waals surface area contributed by atoms with Crippen molar-refractivity contribution in [2.24, 2.45) is 5.41 Å². The summed E-state index contributed by atoms with van der Waals surface area (Å²) in [4.78, 5) is 2.39. The Morgan fingerprint density at radius 2 is 2.04 bits per heavy atom. The van der Waals surface area contributed by atoms with Crippen LogP contribution in [0, 0.1) is 12.3 Å². The molecule has 0 amide bonds. The minimum atomic E-state index is -3.21. The van der Waals surface area contributed by atoms with Crippen LogP contribution in [0.15, 0.2) is 16.5 Å². The SMILES string of the molecule is CCS(=O)(=O)N[C@@H]1COCCC12CCN(Cc1ccc(C)o1)CC2. The van der Waals surface area contributed by atoms with Crippen LogP contribution in [-0.2, 0) is 21.3 Å². The van der Waals surface area contributed by atoms with Gasteiger partial charge in [-0.25, -0.2) is 13.1 Å². The van der Waals surface area contributed by atoms with Crippen LogP contribution in [0.25, 0.3) is 0 Å². The minimum absolute atomic E-state index is 0.0239. The summed E-state index contributed by atoms with van der Waals surface area (Å²) in [6.07, 6.45) is 2.91. The highest BCUT2D eigenvalue weighted by Crippen LogP contribution is 2.41. The normalized spacial score (nSPS) is 25.2. The largest absolute Gasteiger partial charge is 0.465 e. The van der Waals surface area contributed by atoms with E-state index in [0.717, 1.165) is 57.0 Å². The van der Waals surface area contributed by atoms with Crippen molar-refractivity contribution in [1.29, 1.82) is 0 Å². The van der Waals surface area contributed by atoms with Gasteiger partial charge in [0.05, 0.1) is 24.9 Å². The van der Waals surface area contributed by atoms with Crippen molar-refractivity contribution in [1.82, 2.24) is 9.62 Å². The van der Waals surface area contributed by atoms with Crippen LogP contribution in [-0.4, -0.2) is 51.4 Å². The maximum absolute atomic E-state index is 12.0. The maximum atomic E-state index is 12.0. The molecule has 1 atom stereocenters. The molecule has 0 saturated carbocycles. The fourth-order valence-corrected chi connectivity index (χ4v) is 4.75. The molecule has 0 unspecified atom stereocenters. The fourth-order valence-electron chi connectivity index (χ4n) is 3.83. The monoisotopic (exact) mass is 356 g/mol. The molecule has 1 aromatic heterocycles. The van der Waals surface area contributed by atoms with Crippen LogP contribution in [0.2, 0.25) is 0 Å². The number of piperidine rings is 1. The number of furan rings is 1. The van der Waals surface area contributed by atoms with Gasteiger partial charge in [-0.1, -0.05) is 0 Å². The first kappa shape index (κ1) is 17.9. The van der Waals surface area contributed by atoms with Gasteiger partial charge in [-0.3, -0.25) is 4.90 Å². The van der Waals surface area contributed by atoms with Gasteiger partial charge in [0.1, 0.15) is 11.5 Å². The van der Waals surface area contributed by atoms with Gasteiger partial charge < -0.3 is 9.15 Å². The topological polar surface area (TPSA) is 71.8 Å². The molecule has 0 aromatic carbocycles. The molecule has 2 aliphatic heterocycles. The molecule has 0 radical (unpaired) electrons. The highest BCUT2D eigenvalue weighted by atomic mass is 32.2. The summed E-state index contributed by atoms with van der Waals surface area (Å²) < 4.78 is 38.1. The third kappa shape index (κ3) is 4.02. The van der Waals surface area contributed by atoms with Gasteiger partial charge in [-0.05, 0) is 63.7 Å². The summed E-state index contributed by atoms with van der Waals surface area (Å²) in [6, 6.07) is 3.92. The van der Waals surface area contributed by atoms with Crippen molar-refractivity contribution in [3.05, 3.63) is 23.7 Å². The molecular weight excluding hydrogens is 328 g/mol. The van der Waals surface area contributed by atoms with Crippen molar-refractivity contribution in [2.45, 2.75) is 45.7 Å². The van der Waals surface area contributed by atoms with E-state index in [4.69, 9.17) is 9.15 Å². The second-order valence-electron chi connectivity index (χ2n) is 7.05. The number of rotatable bonds is 5. The Bertz CT molecular complexity index is 647. The van der Waals surface area contributed by atoms with Crippen molar-refractivity contribution >= 4 is 10.0 Å². The van der Waals surface area contributed by atoms with E-state index in [1.165, 1.54) is 0 Å². The number of hydrogen-bond acceptors (Lipinski definition) is 5. The van der Waals surface area contributed by atoms with Crippen molar-refractivity contribution < 1.29 is 17.6 Å². The molecule has 136 valence electrons. The van der Waals surface area contributed by atoms with Crippen molar-refractivity contribution in [3.8, 4) is 0 Å². The van der Waals surface area contributed by atoms with E-state index in [9.17, 15) is 8.42 Å². The molecule has 3 heterocycles. The molecule has 2 fully saturated rings. The number of aryl methyl sites for hydroxylation is 1. The van der Waals surface area contributed by atoms with E-state index in [1.54, 1.807) is 6.92 Å². The summed E-state index contributed by atoms with van der Waals surface area (Å²) in [5.41, 5.74) is 0.0239. The molecular formula is C17H28N2O4S. The second-order valence-corrected chi connectivity index (χ2v) is 9.09. The minimum Gasteiger partial charge on any atom is -0.465 e. The van der Waals surface area contributed by atoms with E-state index < -0.39 is 10.0 Å². The molecule has 0 bridgehead atoms. The van der Waals surface area contributed by atoms with Crippen LogP contribution in [0.4, 0.5) is 0 Å². The molecule has 6 nitrogen and oxygen atoms in total. The molecule has 3 rings (SSSR count). The van der Waals surface area contributed by atoms with Crippen molar-refractivity contribution in [3.63, 3.8) is 0 Å². The third-order valence-corrected chi connectivity index (χ3v) is 6.90. The van der Waals surface area contributed by atoms with E-state index in [1.807, 2.05) is 19.1 Å². The molecule has 7 heteroatoms. The lowest BCUT2D eigenvalue weighted by Gasteiger charge is -2.48. The number of nitrogens with zero attached hydrogens (tertiary/aromatic N) is 1. The first-order chi connectivity index (χ1) is 11.4. The zero-order chi connectivity index (χ0) is 17.2. The Morgan fingerprint density at radius 1 is 1.29 bits per heavy atom. The predicted molar refractivity (Wildman–Crippen MR) is 92.2 cm³/mol. The van der Waals surface area contributed by atoms with Crippen LogP contribution in [0.1, 0.15) is 37.7 Å². The Labute approximate surface area is 144 Å². The first-order valence-electron chi connectivity index (χ1n) is 8.78. The highest BCUT2D eigenvalue weighted by Gasteiger charge is 2.44. The summed E-state index contributed by atoms with van der Waals surface area (Å²) in [7, 11) is -3.21. The lowest BCUT2D eigenvalue weighted by atomic mass is 9.69. The van der Waals surface area contributed by atoms with E-state index in [2.05, 4.69) is 9.62 Å². The lowest BCUT2D eigenvalue weighted by Crippen LogP contribution is -2.57. The van der Waals surface area contributed by atoms with E-state index in [0.29, 0.717) is 6.61 Å². The Hall–Kier alpha value is -0.890. The van der Waals surface area contributed by atoms with Gasteiger partial charge in [0.15, 0.2) is 0 Å². The van der Waals surface area contributed by atoms with Gasteiger partial charge in [0.2, 0.25) is 10.0 Å². The summed E-state index contributed by atoms with van der Waals surface area (Å²) in [6.45, 7) is 7.59. The quantitative estimate of drug-likeness (QED) is 0.872. The predicted octanol–water partition coefficient (Wildman–Crippen LogP) is 1.90. The Morgan fingerprint density at radius 3 is 2.67 bits per heavy atom. The van der Waals surface area contributed by atoms with Gasteiger partial charge in [-0.15, -0.1) is 0 Å². The van der Waals surface area contributed by atoms with E-state index in [-0.39, 0.29) is 17.2 Å². The van der Waals surface area contributed by atoms with Crippen LogP contribution in [0.5, 0.6) is 0 Å². The molecule has 24 heavy (non-hydrogen) atoms. The highest BCUT2D eigenvalue weighted by molar-refractivity contribution is 7.89. The number of hydrogen-bond donors (Lipinski definition) is 1. The number of likely N-dealkylation sites (tertiary alicyclic amines) is 1. The van der Waals surface area contributed by atoms with Crippen LogP contribution >= 0.6 is 0 Å². The molecule has 1 N–H and O–H groups in total. The summed E-state index contributed by atoms with van der Waals surface area (Å²) in [5.74, 6) is 2.06.